The fourth-order valence-corrected chi connectivity index (χ4v) is 3.57. The third-order valence-corrected chi connectivity index (χ3v) is 4.72. The second-order valence-corrected chi connectivity index (χ2v) is 7.51. The lowest BCUT2D eigenvalue weighted by molar-refractivity contribution is -0.0997. The molecule has 120 valence electrons. The number of fused-ring (bicyclic) bond motifs is 1. The Morgan fingerprint density at radius 1 is 1.32 bits per heavy atom. The van der Waals surface area contributed by atoms with Crippen molar-refractivity contribution in [1.29, 1.82) is 0 Å². The van der Waals surface area contributed by atoms with Gasteiger partial charge in [0.2, 0.25) is 0 Å². The van der Waals surface area contributed by atoms with Gasteiger partial charge in [0.25, 0.3) is 0 Å². The monoisotopic (exact) mass is 304 g/mol. The minimum atomic E-state index is -0.345. The average molecular weight is 304 g/mol. The van der Waals surface area contributed by atoms with Gasteiger partial charge < -0.3 is 14.6 Å². The van der Waals surface area contributed by atoms with E-state index in [9.17, 15) is 9.90 Å². The summed E-state index contributed by atoms with van der Waals surface area (Å²) in [6, 6.07) is 9.00. The van der Waals surface area contributed by atoms with Gasteiger partial charge in [0.05, 0.1) is 23.4 Å². The smallest absolute Gasteiger partial charge is 0.338 e. The molecule has 4 heteroatoms. The average Bonchev–Trinajstić information content (AvgIpc) is 3.14. The van der Waals surface area contributed by atoms with E-state index in [1.807, 2.05) is 39.0 Å². The van der Waals surface area contributed by atoms with Crippen molar-refractivity contribution in [2.24, 2.45) is 11.3 Å². The molecule has 0 aliphatic heterocycles. The quantitative estimate of drug-likeness (QED) is 0.869. The molecule has 2 aliphatic rings. The SMILES string of the molecule is CC(C)(C)O[C@H]1C[C@@H](O)[C@H]2C[C@@]12COC(=O)c1ccccc1. The van der Waals surface area contributed by atoms with E-state index < -0.39 is 0 Å². The summed E-state index contributed by atoms with van der Waals surface area (Å²) in [7, 11) is 0. The van der Waals surface area contributed by atoms with E-state index in [1.54, 1.807) is 12.1 Å². The van der Waals surface area contributed by atoms with Gasteiger partial charge in [0.1, 0.15) is 6.61 Å². The summed E-state index contributed by atoms with van der Waals surface area (Å²) in [6.07, 6.45) is 1.11. The summed E-state index contributed by atoms with van der Waals surface area (Å²) in [4.78, 5) is 12.1. The van der Waals surface area contributed by atoms with Crippen LogP contribution in [0.4, 0.5) is 0 Å². The number of hydrogen-bond acceptors (Lipinski definition) is 4. The second kappa shape index (κ2) is 5.36. The van der Waals surface area contributed by atoms with Crippen LogP contribution < -0.4 is 0 Å². The minimum Gasteiger partial charge on any atom is -0.461 e. The lowest BCUT2D eigenvalue weighted by atomic mass is 10.0. The van der Waals surface area contributed by atoms with Crippen LogP contribution in [0.25, 0.3) is 0 Å². The van der Waals surface area contributed by atoms with Crippen molar-refractivity contribution >= 4 is 5.97 Å². The fourth-order valence-electron chi connectivity index (χ4n) is 3.57. The van der Waals surface area contributed by atoms with Gasteiger partial charge in [-0.3, -0.25) is 0 Å². The summed E-state index contributed by atoms with van der Waals surface area (Å²) in [5.74, 6) is -0.111. The summed E-state index contributed by atoms with van der Waals surface area (Å²) < 4.78 is 11.6. The van der Waals surface area contributed by atoms with Gasteiger partial charge in [-0.1, -0.05) is 18.2 Å². The zero-order valence-electron chi connectivity index (χ0n) is 13.4. The number of ether oxygens (including phenoxy) is 2. The first kappa shape index (κ1) is 15.5. The van der Waals surface area contributed by atoms with Gasteiger partial charge in [-0.2, -0.15) is 0 Å². The maximum absolute atomic E-state index is 12.1. The Balaban J connectivity index is 1.65. The molecular formula is C18H24O4. The Hall–Kier alpha value is -1.39. The predicted molar refractivity (Wildman–Crippen MR) is 82.5 cm³/mol. The van der Waals surface area contributed by atoms with E-state index in [0.29, 0.717) is 18.6 Å². The van der Waals surface area contributed by atoms with E-state index >= 15 is 0 Å². The van der Waals surface area contributed by atoms with Crippen molar-refractivity contribution in [3.63, 3.8) is 0 Å². The first-order valence-electron chi connectivity index (χ1n) is 7.90. The second-order valence-electron chi connectivity index (χ2n) is 7.51. The van der Waals surface area contributed by atoms with Crippen LogP contribution in [-0.4, -0.2) is 35.5 Å². The molecule has 0 amide bonds. The highest BCUT2D eigenvalue weighted by atomic mass is 16.5. The van der Waals surface area contributed by atoms with Crippen molar-refractivity contribution in [3.05, 3.63) is 35.9 Å². The van der Waals surface area contributed by atoms with Gasteiger partial charge >= 0.3 is 5.97 Å². The normalized spacial score (nSPS) is 33.4. The van der Waals surface area contributed by atoms with E-state index in [-0.39, 0.29) is 35.1 Å². The van der Waals surface area contributed by atoms with Crippen LogP contribution in [0.2, 0.25) is 0 Å². The van der Waals surface area contributed by atoms with Crippen LogP contribution >= 0.6 is 0 Å². The lowest BCUT2D eigenvalue weighted by Crippen LogP contribution is -2.35. The summed E-state index contributed by atoms with van der Waals surface area (Å²) >= 11 is 0. The maximum Gasteiger partial charge on any atom is 0.338 e. The highest BCUT2D eigenvalue weighted by Gasteiger charge is 2.68. The standard InChI is InChI=1S/C18H24O4/c1-17(2,3)22-15-9-14(19)13-10-18(13,15)11-21-16(20)12-7-5-4-6-8-12/h4-8,13-15,19H,9-11H2,1-3H3/t13-,14-,15+,18+/m1/s1. The van der Waals surface area contributed by atoms with Crippen molar-refractivity contribution in [2.75, 3.05) is 6.61 Å². The molecule has 0 spiro atoms. The number of benzene rings is 1. The zero-order chi connectivity index (χ0) is 16.0. The number of rotatable bonds is 4. The Morgan fingerprint density at radius 2 is 2.00 bits per heavy atom. The largest absolute Gasteiger partial charge is 0.461 e. The molecule has 1 aromatic carbocycles. The number of aliphatic hydroxyl groups excluding tert-OH is 1. The molecule has 22 heavy (non-hydrogen) atoms. The van der Waals surface area contributed by atoms with E-state index in [4.69, 9.17) is 9.47 Å². The predicted octanol–water partition coefficient (Wildman–Crippen LogP) is 2.80. The van der Waals surface area contributed by atoms with Gasteiger partial charge in [-0.05, 0) is 45.2 Å². The number of esters is 1. The van der Waals surface area contributed by atoms with Crippen molar-refractivity contribution in [1.82, 2.24) is 0 Å². The molecule has 4 atom stereocenters. The van der Waals surface area contributed by atoms with Gasteiger partial charge in [-0.15, -0.1) is 0 Å². The van der Waals surface area contributed by atoms with E-state index in [0.717, 1.165) is 6.42 Å². The molecule has 4 nitrogen and oxygen atoms in total. The highest BCUT2D eigenvalue weighted by molar-refractivity contribution is 5.89. The van der Waals surface area contributed by atoms with Gasteiger partial charge in [-0.25, -0.2) is 4.79 Å². The molecule has 1 N–H and O–H groups in total. The zero-order valence-corrected chi connectivity index (χ0v) is 13.4. The van der Waals surface area contributed by atoms with Gasteiger partial charge in [0.15, 0.2) is 0 Å². The molecule has 0 aromatic heterocycles. The van der Waals surface area contributed by atoms with Crippen LogP contribution in [0.15, 0.2) is 30.3 Å². The molecule has 2 aliphatic carbocycles. The van der Waals surface area contributed by atoms with E-state index in [2.05, 4.69) is 0 Å². The minimum absolute atomic E-state index is 0.0453. The summed E-state index contributed by atoms with van der Waals surface area (Å²) in [6.45, 7) is 6.36. The molecule has 0 heterocycles. The fraction of sp³-hybridized carbons (Fsp3) is 0.611. The Labute approximate surface area is 131 Å². The van der Waals surface area contributed by atoms with Crippen molar-refractivity contribution in [2.45, 2.75) is 51.4 Å². The molecule has 0 radical (unpaired) electrons. The van der Waals surface area contributed by atoms with Crippen LogP contribution in [0.5, 0.6) is 0 Å². The maximum atomic E-state index is 12.1. The summed E-state index contributed by atoms with van der Waals surface area (Å²) in [5, 5.41) is 10.1. The number of carbonyl (C=O) groups excluding carboxylic acids is 1. The Kier molecular flexibility index (Phi) is 3.77. The van der Waals surface area contributed by atoms with Crippen LogP contribution in [0, 0.1) is 11.3 Å². The van der Waals surface area contributed by atoms with Crippen molar-refractivity contribution in [3.8, 4) is 0 Å². The van der Waals surface area contributed by atoms with Crippen LogP contribution in [-0.2, 0) is 9.47 Å². The van der Waals surface area contributed by atoms with Crippen LogP contribution in [0.1, 0.15) is 44.0 Å². The molecule has 0 bridgehead atoms. The number of aliphatic hydroxyl groups is 1. The third-order valence-electron chi connectivity index (χ3n) is 4.72. The Morgan fingerprint density at radius 3 is 2.59 bits per heavy atom. The first-order chi connectivity index (χ1) is 10.3. The molecule has 2 fully saturated rings. The third kappa shape index (κ3) is 2.90. The number of carbonyl (C=O) groups is 1. The lowest BCUT2D eigenvalue weighted by Gasteiger charge is -2.31. The molecule has 3 rings (SSSR count). The van der Waals surface area contributed by atoms with Crippen molar-refractivity contribution < 1.29 is 19.4 Å². The summed E-state index contributed by atoms with van der Waals surface area (Å²) in [5.41, 5.74) is 0.0954. The number of hydrogen-bond donors (Lipinski definition) is 1. The molecule has 0 saturated heterocycles. The topological polar surface area (TPSA) is 55.8 Å². The molecule has 2 saturated carbocycles. The van der Waals surface area contributed by atoms with Gasteiger partial charge in [0, 0.05) is 11.8 Å². The highest BCUT2D eigenvalue weighted by Crippen LogP contribution is 2.65. The van der Waals surface area contributed by atoms with E-state index in [1.165, 1.54) is 0 Å². The molecule has 1 aromatic rings. The Bertz CT molecular complexity index is 548. The molecule has 0 unspecified atom stereocenters. The molecular weight excluding hydrogens is 280 g/mol. The van der Waals surface area contributed by atoms with Crippen LogP contribution in [0.3, 0.4) is 0 Å². The first-order valence-corrected chi connectivity index (χ1v) is 7.90.